The van der Waals surface area contributed by atoms with Crippen LogP contribution in [0.25, 0.3) is 0 Å². The van der Waals surface area contributed by atoms with Crippen molar-refractivity contribution in [3.8, 4) is 11.8 Å². The Morgan fingerprint density at radius 3 is 3.20 bits per heavy atom. The van der Waals surface area contributed by atoms with Gasteiger partial charge in [0.1, 0.15) is 0 Å². The van der Waals surface area contributed by atoms with Gasteiger partial charge in [-0.15, -0.1) is 11.3 Å². The molecule has 0 aliphatic carbocycles. The summed E-state index contributed by atoms with van der Waals surface area (Å²) in [6, 6.07) is 4.16. The van der Waals surface area contributed by atoms with Crippen molar-refractivity contribution in [3.05, 3.63) is 21.9 Å². The Hall–Kier alpha value is -1.35. The predicted molar refractivity (Wildman–Crippen MR) is 82.3 cm³/mol. The van der Waals surface area contributed by atoms with Crippen LogP contribution in [0.5, 0.6) is 0 Å². The Morgan fingerprint density at radius 1 is 1.60 bits per heavy atom. The van der Waals surface area contributed by atoms with Crippen LogP contribution in [-0.4, -0.2) is 37.5 Å². The number of carbonyl (C=O) groups excluding carboxylic acids is 1. The van der Waals surface area contributed by atoms with Crippen molar-refractivity contribution in [2.45, 2.75) is 19.4 Å². The molecule has 1 aliphatic heterocycles. The largest absolute Gasteiger partial charge is 0.359 e. The third-order valence-corrected chi connectivity index (χ3v) is 4.46. The molecule has 0 aromatic carbocycles. The van der Waals surface area contributed by atoms with Crippen LogP contribution in [0.2, 0.25) is 0 Å². The van der Waals surface area contributed by atoms with Crippen molar-refractivity contribution in [2.24, 2.45) is 11.7 Å². The Labute approximate surface area is 124 Å². The van der Waals surface area contributed by atoms with Gasteiger partial charge in [0.15, 0.2) is 0 Å². The van der Waals surface area contributed by atoms with Gasteiger partial charge in [0.05, 0.1) is 17.3 Å². The zero-order valence-electron chi connectivity index (χ0n) is 11.8. The number of piperidine rings is 1. The van der Waals surface area contributed by atoms with Crippen molar-refractivity contribution < 1.29 is 4.79 Å². The van der Waals surface area contributed by atoms with E-state index >= 15 is 0 Å². The van der Waals surface area contributed by atoms with Crippen molar-refractivity contribution in [1.29, 1.82) is 0 Å². The number of hydrogen-bond donors (Lipinski definition) is 2. The first-order chi connectivity index (χ1) is 9.72. The zero-order chi connectivity index (χ0) is 14.4. The number of amides is 1. The molecule has 5 heteroatoms. The average molecular weight is 291 g/mol. The number of nitrogens with zero attached hydrogens (tertiary/aromatic N) is 1. The number of thiophene rings is 1. The first-order valence-corrected chi connectivity index (χ1v) is 7.76. The maximum Gasteiger partial charge on any atom is 0.224 e. The second-order valence-electron chi connectivity index (χ2n) is 4.96. The molecule has 2 heterocycles. The van der Waals surface area contributed by atoms with Crippen LogP contribution >= 0.6 is 11.3 Å². The molecule has 1 aromatic heterocycles. The molecule has 1 saturated heterocycles. The number of carbonyl (C=O) groups is 1. The standard InChI is InChI=1S/C15H21N3OS/c1-17-15(19)12-4-3-9-18(10-12)11-14-7-6-13(20-14)5-2-8-16/h6-7,12H,3-4,8-11,16H2,1H3,(H,17,19). The molecule has 1 aromatic rings. The normalized spacial score (nSPS) is 19.2. The minimum atomic E-state index is 0.130. The highest BCUT2D eigenvalue weighted by Crippen LogP contribution is 2.22. The zero-order valence-corrected chi connectivity index (χ0v) is 12.6. The molecule has 0 saturated carbocycles. The Bertz CT molecular complexity index is 515. The molecule has 1 atom stereocenters. The number of nitrogens with one attached hydrogen (secondary N) is 1. The van der Waals surface area contributed by atoms with Gasteiger partial charge in [-0.05, 0) is 31.5 Å². The minimum absolute atomic E-state index is 0.130. The van der Waals surface area contributed by atoms with Gasteiger partial charge in [0.2, 0.25) is 5.91 Å². The smallest absolute Gasteiger partial charge is 0.224 e. The summed E-state index contributed by atoms with van der Waals surface area (Å²) in [6.45, 7) is 3.21. The highest BCUT2D eigenvalue weighted by Gasteiger charge is 2.25. The third-order valence-electron chi connectivity index (χ3n) is 3.48. The maximum atomic E-state index is 11.7. The molecule has 4 nitrogen and oxygen atoms in total. The predicted octanol–water partition coefficient (Wildman–Crippen LogP) is 1.02. The van der Waals surface area contributed by atoms with Crippen molar-refractivity contribution in [1.82, 2.24) is 10.2 Å². The summed E-state index contributed by atoms with van der Waals surface area (Å²) < 4.78 is 0. The summed E-state index contributed by atoms with van der Waals surface area (Å²) in [5.74, 6) is 6.22. The summed E-state index contributed by atoms with van der Waals surface area (Å²) in [7, 11) is 1.71. The van der Waals surface area contributed by atoms with Crippen molar-refractivity contribution >= 4 is 17.2 Å². The van der Waals surface area contributed by atoms with E-state index in [0.29, 0.717) is 6.54 Å². The number of hydrogen-bond acceptors (Lipinski definition) is 4. The molecular weight excluding hydrogens is 270 g/mol. The van der Waals surface area contributed by atoms with Crippen LogP contribution in [-0.2, 0) is 11.3 Å². The molecule has 0 spiro atoms. The quantitative estimate of drug-likeness (QED) is 0.817. The lowest BCUT2D eigenvalue weighted by molar-refractivity contribution is -0.126. The van der Waals surface area contributed by atoms with Gasteiger partial charge < -0.3 is 11.1 Å². The van der Waals surface area contributed by atoms with E-state index in [1.54, 1.807) is 18.4 Å². The van der Waals surface area contributed by atoms with Gasteiger partial charge in [-0.3, -0.25) is 9.69 Å². The molecule has 0 bridgehead atoms. The highest BCUT2D eigenvalue weighted by molar-refractivity contribution is 7.12. The van der Waals surface area contributed by atoms with E-state index in [1.807, 2.05) is 6.07 Å². The Balaban J connectivity index is 1.92. The fraction of sp³-hybridized carbons (Fsp3) is 0.533. The van der Waals surface area contributed by atoms with Crippen LogP contribution in [0.15, 0.2) is 12.1 Å². The van der Waals surface area contributed by atoms with Crippen LogP contribution in [0.1, 0.15) is 22.6 Å². The molecule has 3 N–H and O–H groups in total. The Kier molecular flexibility index (Phi) is 5.60. The van der Waals surface area contributed by atoms with Crippen molar-refractivity contribution in [2.75, 3.05) is 26.7 Å². The van der Waals surface area contributed by atoms with Crippen molar-refractivity contribution in [3.63, 3.8) is 0 Å². The monoisotopic (exact) mass is 291 g/mol. The number of likely N-dealkylation sites (tertiary alicyclic amines) is 1. The van der Waals surface area contributed by atoms with Gasteiger partial charge in [-0.2, -0.15) is 0 Å². The topological polar surface area (TPSA) is 58.4 Å². The van der Waals surface area contributed by atoms with E-state index in [0.717, 1.165) is 37.4 Å². The van der Waals surface area contributed by atoms with E-state index in [2.05, 4.69) is 28.1 Å². The van der Waals surface area contributed by atoms with Gasteiger partial charge in [0.25, 0.3) is 0 Å². The van der Waals surface area contributed by atoms with Crippen LogP contribution in [0, 0.1) is 17.8 Å². The van der Waals surface area contributed by atoms with Crippen LogP contribution < -0.4 is 11.1 Å². The minimum Gasteiger partial charge on any atom is -0.359 e. The van der Waals surface area contributed by atoms with E-state index in [4.69, 9.17) is 5.73 Å². The number of rotatable bonds is 3. The fourth-order valence-corrected chi connectivity index (χ4v) is 3.43. The maximum absolute atomic E-state index is 11.7. The van der Waals surface area contributed by atoms with Gasteiger partial charge in [-0.25, -0.2) is 0 Å². The van der Waals surface area contributed by atoms with Gasteiger partial charge in [-0.1, -0.05) is 11.8 Å². The van der Waals surface area contributed by atoms with E-state index < -0.39 is 0 Å². The molecule has 2 rings (SSSR count). The molecule has 1 amide bonds. The SMILES string of the molecule is CNC(=O)C1CCCN(Cc2ccc(C#CCN)s2)C1. The summed E-state index contributed by atoms with van der Waals surface area (Å²) in [5, 5.41) is 2.75. The molecule has 1 unspecified atom stereocenters. The summed E-state index contributed by atoms with van der Waals surface area (Å²) in [4.78, 5) is 16.4. The molecule has 108 valence electrons. The summed E-state index contributed by atoms with van der Waals surface area (Å²) >= 11 is 1.71. The lowest BCUT2D eigenvalue weighted by atomic mass is 9.97. The van der Waals surface area contributed by atoms with Gasteiger partial charge in [0, 0.05) is 25.0 Å². The lowest BCUT2D eigenvalue weighted by Gasteiger charge is -2.31. The van der Waals surface area contributed by atoms with Crippen LogP contribution in [0.3, 0.4) is 0 Å². The lowest BCUT2D eigenvalue weighted by Crippen LogP contribution is -2.41. The first kappa shape index (κ1) is 15.0. The number of nitrogens with two attached hydrogens (primary N) is 1. The summed E-state index contributed by atoms with van der Waals surface area (Å²) in [6.07, 6.45) is 2.08. The van der Waals surface area contributed by atoms with Gasteiger partial charge >= 0.3 is 0 Å². The second-order valence-corrected chi connectivity index (χ2v) is 6.13. The summed E-state index contributed by atoms with van der Waals surface area (Å²) in [5.41, 5.74) is 5.37. The second kappa shape index (κ2) is 7.44. The van der Waals surface area contributed by atoms with E-state index in [1.165, 1.54) is 4.88 Å². The van der Waals surface area contributed by atoms with E-state index in [9.17, 15) is 4.79 Å². The Morgan fingerprint density at radius 2 is 2.45 bits per heavy atom. The van der Waals surface area contributed by atoms with Crippen LogP contribution in [0.4, 0.5) is 0 Å². The average Bonchev–Trinajstić information content (AvgIpc) is 2.92. The molecule has 1 fully saturated rings. The first-order valence-electron chi connectivity index (χ1n) is 6.94. The molecule has 1 aliphatic rings. The third kappa shape index (κ3) is 4.07. The molecule has 20 heavy (non-hydrogen) atoms. The highest BCUT2D eigenvalue weighted by atomic mass is 32.1. The molecular formula is C15H21N3OS. The fourth-order valence-electron chi connectivity index (χ4n) is 2.51. The van der Waals surface area contributed by atoms with E-state index in [-0.39, 0.29) is 11.8 Å². The molecule has 0 radical (unpaired) electrons.